The first-order valence-electron chi connectivity index (χ1n) is 9.06. The molecule has 0 spiro atoms. The Morgan fingerprint density at radius 2 is 2.11 bits per heavy atom. The number of carbonyl (C=O) groups excluding carboxylic acids is 2. The minimum atomic E-state index is -0.388. The molecule has 1 N–H and O–H groups in total. The lowest BCUT2D eigenvalue weighted by Gasteiger charge is -2.14. The Balaban J connectivity index is 1.67. The molecule has 144 valence electrons. The highest BCUT2D eigenvalue weighted by Crippen LogP contribution is 2.27. The van der Waals surface area contributed by atoms with E-state index in [9.17, 15) is 9.59 Å². The number of pyridine rings is 1. The number of hydrogen-bond acceptors (Lipinski definition) is 6. The Morgan fingerprint density at radius 3 is 2.82 bits per heavy atom. The van der Waals surface area contributed by atoms with Gasteiger partial charge in [-0.15, -0.1) is 0 Å². The second kappa shape index (κ2) is 6.95. The molecule has 8 nitrogen and oxygen atoms in total. The average molecular weight is 380 g/mol. The van der Waals surface area contributed by atoms with Crippen molar-refractivity contribution in [1.82, 2.24) is 10.1 Å². The molecule has 1 aromatic carbocycles. The van der Waals surface area contributed by atoms with Crippen LogP contribution in [-0.4, -0.2) is 35.3 Å². The number of ether oxygens (including phenoxy) is 1. The molecule has 0 bridgehead atoms. The fraction of sp³-hybridized carbons (Fsp3) is 0.300. The fourth-order valence-electron chi connectivity index (χ4n) is 3.17. The van der Waals surface area contributed by atoms with E-state index < -0.39 is 0 Å². The van der Waals surface area contributed by atoms with Crippen LogP contribution in [0.2, 0.25) is 0 Å². The van der Waals surface area contributed by atoms with E-state index >= 15 is 0 Å². The molecule has 2 aromatic heterocycles. The number of nitrogens with zero attached hydrogens (tertiary/aromatic N) is 3. The molecule has 4 rings (SSSR count). The zero-order valence-corrected chi connectivity index (χ0v) is 15.9. The number of aromatic nitrogens is 2. The van der Waals surface area contributed by atoms with E-state index in [-0.39, 0.29) is 17.9 Å². The molecule has 3 heterocycles. The second-order valence-corrected chi connectivity index (χ2v) is 6.97. The molecule has 8 heteroatoms. The van der Waals surface area contributed by atoms with Crippen LogP contribution in [0.1, 0.15) is 41.5 Å². The van der Waals surface area contributed by atoms with Crippen molar-refractivity contribution in [1.29, 1.82) is 0 Å². The van der Waals surface area contributed by atoms with Gasteiger partial charge in [0.05, 0.1) is 23.2 Å². The molecule has 2 amide bonds. The van der Waals surface area contributed by atoms with E-state index in [4.69, 9.17) is 9.26 Å². The molecular weight excluding hydrogens is 360 g/mol. The summed E-state index contributed by atoms with van der Waals surface area (Å²) in [4.78, 5) is 30.8. The van der Waals surface area contributed by atoms with Gasteiger partial charge in [0, 0.05) is 17.1 Å². The molecule has 0 unspecified atom stereocenters. The predicted molar refractivity (Wildman–Crippen MR) is 104 cm³/mol. The summed E-state index contributed by atoms with van der Waals surface area (Å²) in [6, 6.07) is 8.86. The first kappa shape index (κ1) is 18.0. The second-order valence-electron chi connectivity index (χ2n) is 6.97. The number of aryl methyl sites for hydroxylation is 1. The third-order valence-electron chi connectivity index (χ3n) is 4.65. The number of anilines is 2. The minimum Gasteiger partial charge on any atom is -0.447 e. The average Bonchev–Trinajstić information content (AvgIpc) is 3.27. The number of cyclic esters (lactones) is 1. The largest absolute Gasteiger partial charge is 0.447 e. The molecule has 0 aliphatic carbocycles. The molecule has 0 radical (unpaired) electrons. The highest BCUT2D eigenvalue weighted by atomic mass is 16.6. The molecule has 1 aliphatic heterocycles. The summed E-state index contributed by atoms with van der Waals surface area (Å²) in [6.07, 6.45) is -0.388. The van der Waals surface area contributed by atoms with E-state index in [2.05, 4.69) is 15.5 Å². The van der Waals surface area contributed by atoms with Gasteiger partial charge in [0.25, 0.3) is 11.6 Å². The summed E-state index contributed by atoms with van der Waals surface area (Å²) in [6.45, 7) is 6.61. The maximum atomic E-state index is 13.0. The normalized spacial score (nSPS) is 14.0. The zero-order chi connectivity index (χ0) is 19.8. The lowest BCUT2D eigenvalue weighted by atomic mass is 10.0. The van der Waals surface area contributed by atoms with Gasteiger partial charge in [-0.3, -0.25) is 9.69 Å². The van der Waals surface area contributed by atoms with E-state index in [1.54, 1.807) is 37.3 Å². The van der Waals surface area contributed by atoms with Gasteiger partial charge in [0.15, 0.2) is 0 Å². The van der Waals surface area contributed by atoms with Crippen LogP contribution in [0.15, 0.2) is 34.9 Å². The quantitative estimate of drug-likeness (QED) is 0.738. The maximum Gasteiger partial charge on any atom is 0.414 e. The monoisotopic (exact) mass is 380 g/mol. The summed E-state index contributed by atoms with van der Waals surface area (Å²) in [5, 5.41) is 7.44. The van der Waals surface area contributed by atoms with Crippen molar-refractivity contribution < 1.29 is 18.8 Å². The standard InChI is InChI=1S/C20H20N4O4/c1-11(2)16-10-15(17-12(3)23-28-19(17)22-16)18(25)21-13-5-4-6-14(9-13)24-7-8-27-20(24)26/h4-6,9-11H,7-8H2,1-3H3,(H,21,25). The van der Waals surface area contributed by atoms with Crippen molar-refractivity contribution in [3.8, 4) is 0 Å². The lowest BCUT2D eigenvalue weighted by molar-refractivity contribution is 0.102. The lowest BCUT2D eigenvalue weighted by Crippen LogP contribution is -2.23. The summed E-state index contributed by atoms with van der Waals surface area (Å²) < 4.78 is 10.3. The van der Waals surface area contributed by atoms with Gasteiger partial charge in [-0.05, 0) is 37.1 Å². The van der Waals surface area contributed by atoms with Gasteiger partial charge >= 0.3 is 6.09 Å². The summed E-state index contributed by atoms with van der Waals surface area (Å²) >= 11 is 0. The number of benzene rings is 1. The molecule has 1 fully saturated rings. The first-order valence-corrected chi connectivity index (χ1v) is 9.06. The van der Waals surface area contributed by atoms with Gasteiger partial charge in [-0.1, -0.05) is 25.1 Å². The fourth-order valence-corrected chi connectivity index (χ4v) is 3.17. The Hall–Kier alpha value is -3.42. The highest BCUT2D eigenvalue weighted by Gasteiger charge is 2.24. The third kappa shape index (κ3) is 3.17. The van der Waals surface area contributed by atoms with Crippen molar-refractivity contribution in [2.45, 2.75) is 26.7 Å². The number of fused-ring (bicyclic) bond motifs is 1. The topological polar surface area (TPSA) is 97.6 Å². The van der Waals surface area contributed by atoms with Crippen molar-refractivity contribution in [3.63, 3.8) is 0 Å². The predicted octanol–water partition coefficient (Wildman–Crippen LogP) is 3.86. The smallest absolute Gasteiger partial charge is 0.414 e. The number of carbonyl (C=O) groups is 2. The Bertz CT molecular complexity index is 1070. The van der Waals surface area contributed by atoms with Crippen LogP contribution in [0.3, 0.4) is 0 Å². The van der Waals surface area contributed by atoms with Crippen LogP contribution in [0.5, 0.6) is 0 Å². The molecule has 0 saturated carbocycles. The molecule has 28 heavy (non-hydrogen) atoms. The summed E-state index contributed by atoms with van der Waals surface area (Å²) in [5.74, 6) is -0.160. The van der Waals surface area contributed by atoms with Crippen LogP contribution >= 0.6 is 0 Å². The van der Waals surface area contributed by atoms with Crippen LogP contribution in [0.4, 0.5) is 16.2 Å². The molecule has 3 aromatic rings. The van der Waals surface area contributed by atoms with E-state index in [0.717, 1.165) is 5.69 Å². The molecule has 1 saturated heterocycles. The zero-order valence-electron chi connectivity index (χ0n) is 15.9. The number of hydrogen-bond donors (Lipinski definition) is 1. The Kier molecular flexibility index (Phi) is 4.46. The SMILES string of the molecule is Cc1noc2nc(C(C)C)cc(C(=O)Nc3cccc(N4CCOC4=O)c3)c12. The number of rotatable bonds is 4. The van der Waals surface area contributed by atoms with E-state index in [0.29, 0.717) is 46.9 Å². The van der Waals surface area contributed by atoms with Crippen LogP contribution in [-0.2, 0) is 4.74 Å². The van der Waals surface area contributed by atoms with Gasteiger partial charge in [-0.25, -0.2) is 9.78 Å². The van der Waals surface area contributed by atoms with E-state index in [1.165, 1.54) is 4.90 Å². The molecular formula is C20H20N4O4. The number of amides is 2. The van der Waals surface area contributed by atoms with Crippen LogP contribution < -0.4 is 10.2 Å². The van der Waals surface area contributed by atoms with Crippen LogP contribution in [0, 0.1) is 6.92 Å². The third-order valence-corrected chi connectivity index (χ3v) is 4.65. The number of nitrogens with one attached hydrogen (secondary N) is 1. The van der Waals surface area contributed by atoms with Crippen LogP contribution in [0.25, 0.3) is 11.1 Å². The highest BCUT2D eigenvalue weighted by molar-refractivity contribution is 6.12. The summed E-state index contributed by atoms with van der Waals surface area (Å²) in [7, 11) is 0. The van der Waals surface area contributed by atoms with Crippen molar-refractivity contribution in [2.75, 3.05) is 23.4 Å². The minimum absolute atomic E-state index is 0.130. The molecule has 1 aliphatic rings. The molecule has 0 atom stereocenters. The maximum absolute atomic E-state index is 13.0. The van der Waals surface area contributed by atoms with Crippen molar-refractivity contribution in [3.05, 3.63) is 47.3 Å². The Morgan fingerprint density at radius 1 is 1.29 bits per heavy atom. The van der Waals surface area contributed by atoms with Crippen molar-refractivity contribution in [2.24, 2.45) is 0 Å². The van der Waals surface area contributed by atoms with Gasteiger partial charge in [-0.2, -0.15) is 0 Å². The van der Waals surface area contributed by atoms with Crippen molar-refractivity contribution >= 4 is 34.5 Å². The van der Waals surface area contributed by atoms with Gasteiger partial charge < -0.3 is 14.6 Å². The summed E-state index contributed by atoms with van der Waals surface area (Å²) in [5.41, 5.74) is 3.41. The Labute approximate surface area is 161 Å². The van der Waals surface area contributed by atoms with Gasteiger partial charge in [0.2, 0.25) is 0 Å². The van der Waals surface area contributed by atoms with E-state index in [1.807, 2.05) is 13.8 Å². The first-order chi connectivity index (χ1) is 13.4. The van der Waals surface area contributed by atoms with Gasteiger partial charge in [0.1, 0.15) is 6.61 Å².